The third-order valence-corrected chi connectivity index (χ3v) is 2.02. The molecule has 12 heavy (non-hydrogen) atoms. The van der Waals surface area contributed by atoms with E-state index in [4.69, 9.17) is 10.5 Å². The fourth-order valence-corrected chi connectivity index (χ4v) is 1.50. The molecule has 1 heterocycles. The second-order valence-electron chi connectivity index (χ2n) is 3.91. The molecule has 1 aliphatic rings. The Hall–Kier alpha value is -0.770. The first-order chi connectivity index (χ1) is 5.49. The van der Waals surface area contributed by atoms with Gasteiger partial charge in [-0.05, 0) is 39.3 Å². The normalized spacial score (nSPS) is 18.5. The van der Waals surface area contributed by atoms with Gasteiger partial charge in [-0.3, -0.25) is 0 Å². The van der Waals surface area contributed by atoms with Crippen LogP contribution in [0.5, 0.6) is 0 Å². The number of amides is 1. The van der Waals surface area contributed by atoms with E-state index in [-0.39, 0.29) is 0 Å². The molecule has 0 spiro atoms. The topological polar surface area (TPSA) is 64.3 Å². The smallest absolute Gasteiger partial charge is 0.405 e. The zero-order chi connectivity index (χ0) is 9.19. The quantitative estimate of drug-likeness (QED) is 0.650. The molecule has 0 aromatic carbocycles. The Bertz CT molecular complexity index is 176. The van der Waals surface area contributed by atoms with E-state index in [9.17, 15) is 4.79 Å². The van der Waals surface area contributed by atoms with E-state index in [1.54, 1.807) is 0 Å². The lowest BCUT2D eigenvalue weighted by Crippen LogP contribution is -2.46. The van der Waals surface area contributed by atoms with Crippen molar-refractivity contribution in [3.8, 4) is 0 Å². The van der Waals surface area contributed by atoms with Crippen molar-refractivity contribution in [3.63, 3.8) is 0 Å². The summed E-state index contributed by atoms with van der Waals surface area (Å²) < 4.78 is 4.96. The van der Waals surface area contributed by atoms with Crippen molar-refractivity contribution < 1.29 is 9.53 Å². The summed E-state index contributed by atoms with van der Waals surface area (Å²) in [6, 6.07) is 0. The number of nitrogens with one attached hydrogen (secondary N) is 1. The Labute approximate surface area is 72.5 Å². The third kappa shape index (κ3) is 2.70. The van der Waals surface area contributed by atoms with Gasteiger partial charge in [0.1, 0.15) is 5.60 Å². The molecule has 4 heteroatoms. The summed E-state index contributed by atoms with van der Waals surface area (Å²) in [6.45, 7) is 5.81. The van der Waals surface area contributed by atoms with Crippen LogP contribution in [-0.4, -0.2) is 24.8 Å². The number of primary amides is 1. The zero-order valence-electron chi connectivity index (χ0n) is 7.59. The highest BCUT2D eigenvalue weighted by atomic mass is 16.6. The fourth-order valence-electron chi connectivity index (χ4n) is 1.50. The predicted octanol–water partition coefficient (Wildman–Crippen LogP) is 0.470. The highest BCUT2D eigenvalue weighted by molar-refractivity contribution is 5.65. The van der Waals surface area contributed by atoms with Crippen molar-refractivity contribution >= 4 is 6.09 Å². The second kappa shape index (κ2) is 3.31. The molecule has 0 atom stereocenters. The van der Waals surface area contributed by atoms with Crippen LogP contribution in [0.3, 0.4) is 0 Å². The third-order valence-electron chi connectivity index (χ3n) is 2.02. The minimum atomic E-state index is -0.688. The van der Waals surface area contributed by atoms with Crippen LogP contribution in [0.1, 0.15) is 20.3 Å². The molecule has 0 bridgehead atoms. The van der Waals surface area contributed by atoms with Gasteiger partial charge in [0.15, 0.2) is 0 Å². The number of rotatable bonds is 3. The van der Waals surface area contributed by atoms with Gasteiger partial charge in [-0.1, -0.05) is 0 Å². The lowest BCUT2D eigenvalue weighted by molar-refractivity contribution is 0.0200. The maximum absolute atomic E-state index is 10.5. The monoisotopic (exact) mass is 172 g/mol. The average Bonchev–Trinajstić information content (AvgIpc) is 1.76. The zero-order valence-corrected chi connectivity index (χ0v) is 7.59. The van der Waals surface area contributed by atoms with Crippen LogP contribution in [0.4, 0.5) is 4.79 Å². The molecule has 1 rings (SSSR count). The van der Waals surface area contributed by atoms with E-state index in [2.05, 4.69) is 5.32 Å². The summed E-state index contributed by atoms with van der Waals surface area (Å²) in [5.74, 6) is 0.624. The standard InChI is InChI=1S/C8H16N2O2/c1-8(2,12-7(9)11)3-6-4-10-5-6/h6,10H,3-5H2,1-2H3,(H2,9,11). The van der Waals surface area contributed by atoms with Crippen LogP contribution in [0.2, 0.25) is 0 Å². The van der Waals surface area contributed by atoms with Gasteiger partial charge < -0.3 is 15.8 Å². The van der Waals surface area contributed by atoms with Crippen LogP contribution < -0.4 is 11.1 Å². The van der Waals surface area contributed by atoms with Gasteiger partial charge >= 0.3 is 6.09 Å². The molecule has 0 aromatic heterocycles. The van der Waals surface area contributed by atoms with E-state index in [0.29, 0.717) is 5.92 Å². The van der Waals surface area contributed by atoms with Crippen LogP contribution in [0, 0.1) is 5.92 Å². The Morgan fingerprint density at radius 1 is 1.67 bits per heavy atom. The van der Waals surface area contributed by atoms with Crippen molar-refractivity contribution in [2.24, 2.45) is 11.7 Å². The molecular formula is C8H16N2O2. The summed E-state index contributed by atoms with van der Waals surface area (Å²) >= 11 is 0. The maximum atomic E-state index is 10.5. The van der Waals surface area contributed by atoms with Crippen molar-refractivity contribution in [3.05, 3.63) is 0 Å². The van der Waals surface area contributed by atoms with E-state index in [1.807, 2.05) is 13.8 Å². The average molecular weight is 172 g/mol. The lowest BCUT2D eigenvalue weighted by atomic mass is 9.89. The summed E-state index contributed by atoms with van der Waals surface area (Å²) in [4.78, 5) is 10.5. The lowest BCUT2D eigenvalue weighted by Gasteiger charge is -2.34. The number of hydrogen-bond donors (Lipinski definition) is 2. The van der Waals surface area contributed by atoms with Crippen LogP contribution in [-0.2, 0) is 4.74 Å². The van der Waals surface area contributed by atoms with Crippen molar-refractivity contribution in [2.45, 2.75) is 25.9 Å². The van der Waals surface area contributed by atoms with E-state index >= 15 is 0 Å². The minimum Gasteiger partial charge on any atom is -0.444 e. The highest BCUT2D eigenvalue weighted by Crippen LogP contribution is 2.22. The van der Waals surface area contributed by atoms with Gasteiger partial charge in [0, 0.05) is 0 Å². The molecular weight excluding hydrogens is 156 g/mol. The molecule has 70 valence electrons. The second-order valence-corrected chi connectivity index (χ2v) is 3.91. The van der Waals surface area contributed by atoms with Gasteiger partial charge in [-0.15, -0.1) is 0 Å². The van der Waals surface area contributed by atoms with Gasteiger partial charge in [0.2, 0.25) is 0 Å². The first kappa shape index (κ1) is 9.32. The number of nitrogens with two attached hydrogens (primary N) is 1. The highest BCUT2D eigenvalue weighted by Gasteiger charge is 2.29. The van der Waals surface area contributed by atoms with E-state index in [0.717, 1.165) is 19.5 Å². The summed E-state index contributed by atoms with van der Waals surface area (Å²) in [5, 5.41) is 3.17. The first-order valence-electron chi connectivity index (χ1n) is 4.19. The summed E-state index contributed by atoms with van der Waals surface area (Å²) in [6.07, 6.45) is 0.190. The van der Waals surface area contributed by atoms with Gasteiger partial charge in [-0.2, -0.15) is 0 Å². The molecule has 0 aliphatic carbocycles. The molecule has 0 saturated carbocycles. The van der Waals surface area contributed by atoms with Crippen molar-refractivity contribution in [2.75, 3.05) is 13.1 Å². The minimum absolute atomic E-state index is 0.418. The van der Waals surface area contributed by atoms with Crippen LogP contribution in [0.15, 0.2) is 0 Å². The molecule has 0 unspecified atom stereocenters. The van der Waals surface area contributed by atoms with Crippen LogP contribution in [0.25, 0.3) is 0 Å². The molecule has 1 amide bonds. The summed E-state index contributed by atoms with van der Waals surface area (Å²) in [7, 11) is 0. The van der Waals surface area contributed by atoms with Crippen LogP contribution >= 0.6 is 0 Å². The molecule has 1 aliphatic heterocycles. The summed E-state index contributed by atoms with van der Waals surface area (Å²) in [5.41, 5.74) is 4.52. The van der Waals surface area contributed by atoms with Gasteiger partial charge in [-0.25, -0.2) is 4.79 Å². The van der Waals surface area contributed by atoms with Crippen molar-refractivity contribution in [1.29, 1.82) is 0 Å². The van der Waals surface area contributed by atoms with E-state index < -0.39 is 11.7 Å². The largest absolute Gasteiger partial charge is 0.444 e. The molecule has 1 saturated heterocycles. The maximum Gasteiger partial charge on any atom is 0.405 e. The van der Waals surface area contributed by atoms with Crippen molar-refractivity contribution in [1.82, 2.24) is 5.32 Å². The first-order valence-corrected chi connectivity index (χ1v) is 4.19. The molecule has 1 fully saturated rings. The van der Waals surface area contributed by atoms with E-state index in [1.165, 1.54) is 0 Å². The Morgan fingerprint density at radius 3 is 2.58 bits per heavy atom. The Balaban J connectivity index is 2.30. The van der Waals surface area contributed by atoms with Gasteiger partial charge in [0.25, 0.3) is 0 Å². The Morgan fingerprint density at radius 2 is 2.25 bits per heavy atom. The molecule has 4 nitrogen and oxygen atoms in total. The number of hydrogen-bond acceptors (Lipinski definition) is 3. The number of carbonyl (C=O) groups excluding carboxylic acids is 1. The molecule has 3 N–H and O–H groups in total. The SMILES string of the molecule is CC(C)(CC1CNC1)OC(N)=O. The number of carbonyl (C=O) groups is 1. The Kier molecular flexibility index (Phi) is 2.57. The number of ether oxygens (including phenoxy) is 1. The molecule has 0 radical (unpaired) electrons. The fraction of sp³-hybridized carbons (Fsp3) is 0.875. The predicted molar refractivity (Wildman–Crippen MR) is 45.7 cm³/mol. The van der Waals surface area contributed by atoms with Gasteiger partial charge in [0.05, 0.1) is 0 Å². The molecule has 0 aromatic rings.